The van der Waals surface area contributed by atoms with Gasteiger partial charge in [-0.2, -0.15) is 0 Å². The third-order valence-corrected chi connectivity index (χ3v) is 4.21. The number of benzene rings is 1. The Hall–Kier alpha value is -2.48. The maximum Gasteiger partial charge on any atom is 0.274 e. The Morgan fingerprint density at radius 2 is 1.96 bits per heavy atom. The number of carbonyl (C=O) groups excluding carboxylic acids is 2. The van der Waals surface area contributed by atoms with E-state index in [1.807, 2.05) is 24.3 Å². The molecule has 2 aromatic rings. The van der Waals surface area contributed by atoms with Gasteiger partial charge in [-0.1, -0.05) is 22.0 Å². The summed E-state index contributed by atoms with van der Waals surface area (Å²) in [6, 6.07) is 7.69. The molecular formula is C16H16BrN5O2. The quantitative estimate of drug-likeness (QED) is 0.807. The number of nitrogens with one attached hydrogen (secondary N) is 1. The minimum atomic E-state index is -0.165. The molecule has 0 atom stereocenters. The standard InChI is InChI=1S/C16H16BrN5O2/c17-12-2-1-3-13(8-12)20-15-10-18-14(9-19-15)16(24)22-6-4-21(11-23)5-7-22/h1-3,8-11H,4-7H2,(H,19,20). The number of aromatic nitrogens is 2. The van der Waals surface area contributed by atoms with Crippen LogP contribution in [0.15, 0.2) is 41.1 Å². The van der Waals surface area contributed by atoms with Crippen LogP contribution in [0.3, 0.4) is 0 Å². The first-order valence-corrected chi connectivity index (χ1v) is 8.28. The zero-order chi connectivity index (χ0) is 16.9. The van der Waals surface area contributed by atoms with Gasteiger partial charge in [0.05, 0.1) is 12.4 Å². The summed E-state index contributed by atoms with van der Waals surface area (Å²) in [5.41, 5.74) is 1.18. The first-order valence-electron chi connectivity index (χ1n) is 7.49. The van der Waals surface area contributed by atoms with Crippen molar-refractivity contribution in [3.05, 3.63) is 46.8 Å². The van der Waals surface area contributed by atoms with Crippen molar-refractivity contribution in [3.63, 3.8) is 0 Å². The van der Waals surface area contributed by atoms with Gasteiger partial charge in [-0.3, -0.25) is 9.59 Å². The smallest absolute Gasteiger partial charge is 0.274 e. The molecule has 1 saturated heterocycles. The highest BCUT2D eigenvalue weighted by Gasteiger charge is 2.22. The van der Waals surface area contributed by atoms with Crippen LogP contribution in [-0.4, -0.2) is 58.3 Å². The lowest BCUT2D eigenvalue weighted by Gasteiger charge is -2.32. The lowest BCUT2D eigenvalue weighted by Crippen LogP contribution is -2.48. The molecule has 124 valence electrons. The van der Waals surface area contributed by atoms with Crippen LogP contribution < -0.4 is 5.32 Å². The van der Waals surface area contributed by atoms with Gasteiger partial charge in [0, 0.05) is 36.3 Å². The van der Waals surface area contributed by atoms with Gasteiger partial charge < -0.3 is 15.1 Å². The van der Waals surface area contributed by atoms with Gasteiger partial charge in [-0.05, 0) is 18.2 Å². The van der Waals surface area contributed by atoms with E-state index < -0.39 is 0 Å². The molecule has 0 bridgehead atoms. The van der Waals surface area contributed by atoms with Crippen molar-refractivity contribution in [2.45, 2.75) is 0 Å². The summed E-state index contributed by atoms with van der Waals surface area (Å²) in [5, 5.41) is 3.13. The molecule has 0 spiro atoms. The average Bonchev–Trinajstić information content (AvgIpc) is 2.62. The van der Waals surface area contributed by atoms with Crippen molar-refractivity contribution in [2.75, 3.05) is 31.5 Å². The molecular weight excluding hydrogens is 374 g/mol. The number of piperazine rings is 1. The van der Waals surface area contributed by atoms with E-state index in [0.717, 1.165) is 16.6 Å². The van der Waals surface area contributed by atoms with Crippen LogP contribution in [-0.2, 0) is 4.79 Å². The average molecular weight is 390 g/mol. The molecule has 1 aliphatic heterocycles. The monoisotopic (exact) mass is 389 g/mol. The number of rotatable bonds is 4. The van der Waals surface area contributed by atoms with E-state index in [1.165, 1.54) is 12.4 Å². The van der Waals surface area contributed by atoms with E-state index in [9.17, 15) is 9.59 Å². The minimum absolute atomic E-state index is 0.165. The van der Waals surface area contributed by atoms with Crippen molar-refractivity contribution in [1.82, 2.24) is 19.8 Å². The van der Waals surface area contributed by atoms with Crippen LogP contribution in [0.4, 0.5) is 11.5 Å². The maximum atomic E-state index is 12.4. The predicted octanol–water partition coefficient (Wildman–Crippen LogP) is 1.90. The molecule has 1 N–H and O–H groups in total. The summed E-state index contributed by atoms with van der Waals surface area (Å²) >= 11 is 3.41. The Morgan fingerprint density at radius 3 is 2.58 bits per heavy atom. The third kappa shape index (κ3) is 3.88. The molecule has 0 aliphatic carbocycles. The van der Waals surface area contributed by atoms with E-state index in [2.05, 4.69) is 31.2 Å². The number of hydrogen-bond acceptors (Lipinski definition) is 5. The summed E-state index contributed by atoms with van der Waals surface area (Å²) in [6.07, 6.45) is 3.81. The van der Waals surface area contributed by atoms with Gasteiger partial charge >= 0.3 is 0 Å². The summed E-state index contributed by atoms with van der Waals surface area (Å²) in [7, 11) is 0. The van der Waals surface area contributed by atoms with Crippen molar-refractivity contribution in [3.8, 4) is 0 Å². The number of halogens is 1. The normalized spacial score (nSPS) is 14.4. The Morgan fingerprint density at radius 1 is 1.17 bits per heavy atom. The van der Waals surface area contributed by atoms with Gasteiger partial charge in [0.2, 0.25) is 6.41 Å². The molecule has 1 aromatic carbocycles. The molecule has 2 amide bonds. The number of anilines is 2. The summed E-state index contributed by atoms with van der Waals surface area (Å²) < 4.78 is 0.960. The molecule has 24 heavy (non-hydrogen) atoms. The molecule has 2 heterocycles. The van der Waals surface area contributed by atoms with Gasteiger partial charge in [-0.15, -0.1) is 0 Å². The second-order valence-electron chi connectivity index (χ2n) is 5.36. The maximum absolute atomic E-state index is 12.4. The Bertz CT molecular complexity index is 730. The van der Waals surface area contributed by atoms with Crippen LogP contribution in [0.2, 0.25) is 0 Å². The number of carbonyl (C=O) groups is 2. The van der Waals surface area contributed by atoms with Gasteiger partial charge in [0.15, 0.2) is 0 Å². The van der Waals surface area contributed by atoms with Gasteiger partial charge in [0.1, 0.15) is 11.5 Å². The first kappa shape index (κ1) is 16.4. The highest BCUT2D eigenvalue weighted by Crippen LogP contribution is 2.19. The fourth-order valence-corrected chi connectivity index (χ4v) is 2.81. The van der Waals surface area contributed by atoms with Gasteiger partial charge in [0.25, 0.3) is 5.91 Å². The Balaban J connectivity index is 1.64. The Kier molecular flexibility index (Phi) is 5.05. The molecule has 3 rings (SSSR count). The SMILES string of the molecule is O=CN1CCN(C(=O)c2cnc(Nc3cccc(Br)c3)cn2)CC1. The van der Waals surface area contributed by atoms with E-state index >= 15 is 0 Å². The van der Waals surface area contributed by atoms with Crippen LogP contribution in [0, 0.1) is 0 Å². The topological polar surface area (TPSA) is 78.4 Å². The summed E-state index contributed by atoms with van der Waals surface area (Å²) in [5.74, 6) is 0.400. The molecule has 0 radical (unpaired) electrons. The second-order valence-corrected chi connectivity index (χ2v) is 6.27. The summed E-state index contributed by atoms with van der Waals surface area (Å²) in [6.45, 7) is 2.12. The highest BCUT2D eigenvalue weighted by molar-refractivity contribution is 9.10. The van der Waals surface area contributed by atoms with E-state index in [1.54, 1.807) is 9.80 Å². The van der Waals surface area contributed by atoms with Crippen LogP contribution in [0.1, 0.15) is 10.5 Å². The zero-order valence-corrected chi connectivity index (χ0v) is 14.4. The van der Waals surface area contributed by atoms with Crippen LogP contribution in [0.25, 0.3) is 0 Å². The molecule has 0 unspecified atom stereocenters. The number of hydrogen-bond donors (Lipinski definition) is 1. The van der Waals surface area contributed by atoms with Crippen molar-refractivity contribution in [2.24, 2.45) is 0 Å². The second kappa shape index (κ2) is 7.39. The Labute approximate surface area is 147 Å². The zero-order valence-electron chi connectivity index (χ0n) is 12.9. The van der Waals surface area contributed by atoms with Crippen molar-refractivity contribution in [1.29, 1.82) is 0 Å². The molecule has 0 saturated carbocycles. The van der Waals surface area contributed by atoms with Crippen molar-refractivity contribution < 1.29 is 9.59 Å². The van der Waals surface area contributed by atoms with E-state index in [0.29, 0.717) is 37.7 Å². The lowest BCUT2D eigenvalue weighted by atomic mass is 10.3. The lowest BCUT2D eigenvalue weighted by molar-refractivity contribution is -0.119. The molecule has 1 fully saturated rings. The fraction of sp³-hybridized carbons (Fsp3) is 0.250. The minimum Gasteiger partial charge on any atom is -0.342 e. The van der Waals surface area contributed by atoms with E-state index in [4.69, 9.17) is 0 Å². The van der Waals surface area contributed by atoms with Crippen LogP contribution in [0.5, 0.6) is 0 Å². The summed E-state index contributed by atoms with van der Waals surface area (Å²) in [4.78, 5) is 34.9. The highest BCUT2D eigenvalue weighted by atomic mass is 79.9. The first-order chi connectivity index (χ1) is 11.7. The van der Waals surface area contributed by atoms with Crippen LogP contribution >= 0.6 is 15.9 Å². The number of nitrogens with zero attached hydrogens (tertiary/aromatic N) is 4. The predicted molar refractivity (Wildman–Crippen MR) is 93.0 cm³/mol. The fourth-order valence-electron chi connectivity index (χ4n) is 2.41. The molecule has 7 nitrogen and oxygen atoms in total. The van der Waals surface area contributed by atoms with E-state index in [-0.39, 0.29) is 5.91 Å². The largest absolute Gasteiger partial charge is 0.342 e. The third-order valence-electron chi connectivity index (χ3n) is 3.72. The number of amides is 2. The van der Waals surface area contributed by atoms with Crippen molar-refractivity contribution >= 4 is 39.8 Å². The molecule has 1 aromatic heterocycles. The van der Waals surface area contributed by atoms with Gasteiger partial charge in [-0.25, -0.2) is 9.97 Å². The molecule has 1 aliphatic rings. The molecule has 8 heteroatoms.